The monoisotopic (exact) mass is 451 g/mol. The Hall–Kier alpha value is -2.32. The molecule has 0 radical (unpaired) electrons. The van der Waals surface area contributed by atoms with Crippen LogP contribution >= 0.6 is 23.2 Å². The highest BCUT2D eigenvalue weighted by atomic mass is 35.5. The van der Waals surface area contributed by atoms with Crippen LogP contribution in [0.1, 0.15) is 18.9 Å². The summed E-state index contributed by atoms with van der Waals surface area (Å²) in [5.41, 5.74) is -1.24. The fraction of sp³-hybridized carbons (Fsp3) is 0.316. The number of hydrogen-bond donors (Lipinski definition) is 1. The Morgan fingerprint density at radius 2 is 1.62 bits per heavy atom. The minimum Gasteiger partial charge on any atom is -0.508 e. The number of nitrogens with zero attached hydrogens (tertiary/aromatic N) is 1. The third-order valence-electron chi connectivity index (χ3n) is 3.47. The van der Waals surface area contributed by atoms with Gasteiger partial charge in [-0.05, 0) is 31.2 Å². The number of halogens is 5. The standard InChI is InChI=1S/C19H18Cl2F3NO4/c1-2-29-25-18(19(22,23)24)12-4-6-14(7-5-12)27-8-3-9-28-17-15(20)10-13(26)11-16(17)21/h4-7,10-11,26H,2-3,8-9H2,1H3. The lowest BCUT2D eigenvalue weighted by Gasteiger charge is -2.12. The van der Waals surface area contributed by atoms with Crippen molar-refractivity contribution in [3.05, 3.63) is 52.0 Å². The molecule has 0 aliphatic rings. The summed E-state index contributed by atoms with van der Waals surface area (Å²) in [6, 6.07) is 7.96. The van der Waals surface area contributed by atoms with E-state index in [1.165, 1.54) is 36.4 Å². The number of rotatable bonds is 9. The molecule has 158 valence electrons. The van der Waals surface area contributed by atoms with Crippen molar-refractivity contribution in [3.63, 3.8) is 0 Å². The number of phenolic OH excluding ortho intramolecular Hbond substituents is 1. The summed E-state index contributed by atoms with van der Waals surface area (Å²) in [5.74, 6) is 0.579. The number of aromatic hydroxyl groups is 1. The Kier molecular flexibility index (Phi) is 8.28. The van der Waals surface area contributed by atoms with Crippen molar-refractivity contribution >= 4 is 28.9 Å². The molecule has 0 saturated heterocycles. The van der Waals surface area contributed by atoms with Crippen LogP contribution < -0.4 is 9.47 Å². The Balaban J connectivity index is 1.86. The fourth-order valence-electron chi connectivity index (χ4n) is 2.21. The van der Waals surface area contributed by atoms with Crippen LogP contribution in [0.4, 0.5) is 13.2 Å². The van der Waals surface area contributed by atoms with Gasteiger partial charge in [-0.1, -0.05) is 28.4 Å². The highest BCUT2D eigenvalue weighted by molar-refractivity contribution is 6.37. The predicted molar refractivity (Wildman–Crippen MR) is 104 cm³/mol. The summed E-state index contributed by atoms with van der Waals surface area (Å²) >= 11 is 11.9. The summed E-state index contributed by atoms with van der Waals surface area (Å²) in [7, 11) is 0. The minimum atomic E-state index is -4.63. The van der Waals surface area contributed by atoms with Crippen LogP contribution in [0.5, 0.6) is 17.2 Å². The summed E-state index contributed by atoms with van der Waals surface area (Å²) in [6.45, 7) is 2.07. The summed E-state index contributed by atoms with van der Waals surface area (Å²) in [6.07, 6.45) is -4.17. The zero-order chi connectivity index (χ0) is 21.4. The minimum absolute atomic E-state index is 0.0312. The lowest BCUT2D eigenvalue weighted by atomic mass is 10.1. The number of hydrogen-bond acceptors (Lipinski definition) is 5. The normalized spacial score (nSPS) is 12.0. The fourth-order valence-corrected chi connectivity index (χ4v) is 2.80. The van der Waals surface area contributed by atoms with E-state index in [4.69, 9.17) is 32.7 Å². The second-order valence-electron chi connectivity index (χ2n) is 5.67. The first-order chi connectivity index (χ1) is 13.7. The van der Waals surface area contributed by atoms with E-state index in [1.54, 1.807) is 6.92 Å². The Bertz CT molecular complexity index is 819. The number of ether oxygens (including phenoxy) is 2. The van der Waals surface area contributed by atoms with Gasteiger partial charge in [-0.25, -0.2) is 0 Å². The van der Waals surface area contributed by atoms with Gasteiger partial charge in [0.1, 0.15) is 18.1 Å². The van der Waals surface area contributed by atoms with Crippen molar-refractivity contribution in [2.45, 2.75) is 19.5 Å². The van der Waals surface area contributed by atoms with Gasteiger partial charge < -0.3 is 19.4 Å². The van der Waals surface area contributed by atoms with Gasteiger partial charge in [-0.2, -0.15) is 13.2 Å². The Morgan fingerprint density at radius 3 is 2.17 bits per heavy atom. The molecule has 0 aromatic heterocycles. The van der Waals surface area contributed by atoms with Gasteiger partial charge in [0.05, 0.1) is 23.3 Å². The predicted octanol–water partition coefficient (Wildman–Crippen LogP) is 5.85. The van der Waals surface area contributed by atoms with Crippen molar-refractivity contribution in [1.82, 2.24) is 0 Å². The van der Waals surface area contributed by atoms with Gasteiger partial charge in [-0.15, -0.1) is 0 Å². The molecule has 0 saturated carbocycles. The van der Waals surface area contributed by atoms with Gasteiger partial charge in [0.2, 0.25) is 0 Å². The van der Waals surface area contributed by atoms with Gasteiger partial charge in [0.15, 0.2) is 11.5 Å². The lowest BCUT2D eigenvalue weighted by Crippen LogP contribution is -2.24. The molecule has 29 heavy (non-hydrogen) atoms. The second kappa shape index (κ2) is 10.5. The molecule has 0 heterocycles. The topological polar surface area (TPSA) is 60.3 Å². The number of phenols is 1. The van der Waals surface area contributed by atoms with Gasteiger partial charge >= 0.3 is 6.18 Å². The van der Waals surface area contributed by atoms with E-state index in [9.17, 15) is 18.3 Å². The van der Waals surface area contributed by atoms with Crippen molar-refractivity contribution in [2.75, 3.05) is 19.8 Å². The largest absolute Gasteiger partial charge is 0.508 e. The van der Waals surface area contributed by atoms with Crippen LogP contribution in [0.2, 0.25) is 10.0 Å². The second-order valence-corrected chi connectivity index (χ2v) is 6.48. The molecule has 0 unspecified atom stereocenters. The van der Waals surface area contributed by atoms with E-state index >= 15 is 0 Å². The average Bonchev–Trinajstić information content (AvgIpc) is 2.63. The molecule has 10 heteroatoms. The molecule has 0 spiro atoms. The summed E-state index contributed by atoms with van der Waals surface area (Å²) < 4.78 is 50.1. The molecule has 0 aliphatic heterocycles. The molecular weight excluding hydrogens is 434 g/mol. The van der Waals surface area contributed by atoms with E-state index in [1.807, 2.05) is 0 Å². The van der Waals surface area contributed by atoms with Crippen molar-refractivity contribution < 1.29 is 32.6 Å². The zero-order valence-electron chi connectivity index (χ0n) is 15.3. The highest BCUT2D eigenvalue weighted by Gasteiger charge is 2.37. The van der Waals surface area contributed by atoms with Crippen LogP contribution in [0.3, 0.4) is 0 Å². The average molecular weight is 452 g/mol. The van der Waals surface area contributed by atoms with E-state index in [2.05, 4.69) is 9.99 Å². The first kappa shape index (κ1) is 23.0. The molecule has 0 aliphatic carbocycles. The lowest BCUT2D eigenvalue weighted by molar-refractivity contribution is -0.0613. The smallest absolute Gasteiger partial charge is 0.437 e. The SMILES string of the molecule is CCON=C(c1ccc(OCCCOc2c(Cl)cc(O)cc2Cl)cc1)C(F)(F)F. The Labute approximate surface area is 175 Å². The van der Waals surface area contributed by atoms with E-state index in [0.717, 1.165) is 0 Å². The maximum atomic E-state index is 13.0. The molecule has 0 amide bonds. The maximum absolute atomic E-state index is 13.0. The number of benzene rings is 2. The Morgan fingerprint density at radius 1 is 1.03 bits per heavy atom. The first-order valence-electron chi connectivity index (χ1n) is 8.53. The zero-order valence-corrected chi connectivity index (χ0v) is 16.8. The molecule has 0 bridgehead atoms. The number of oxime groups is 1. The molecular formula is C19H18Cl2F3NO4. The van der Waals surface area contributed by atoms with Gasteiger partial charge in [0, 0.05) is 24.1 Å². The first-order valence-corrected chi connectivity index (χ1v) is 9.29. The molecule has 5 nitrogen and oxygen atoms in total. The van der Waals surface area contributed by atoms with Crippen LogP contribution in [-0.4, -0.2) is 36.8 Å². The van der Waals surface area contributed by atoms with E-state index < -0.39 is 11.9 Å². The maximum Gasteiger partial charge on any atom is 0.437 e. The summed E-state index contributed by atoms with van der Waals surface area (Å²) in [4.78, 5) is 4.55. The van der Waals surface area contributed by atoms with Crippen molar-refractivity contribution in [1.29, 1.82) is 0 Å². The molecule has 2 aromatic carbocycles. The van der Waals surface area contributed by atoms with Gasteiger partial charge in [-0.3, -0.25) is 0 Å². The molecule has 0 fully saturated rings. The molecule has 0 atom stereocenters. The third-order valence-corrected chi connectivity index (χ3v) is 4.03. The molecule has 1 N–H and O–H groups in total. The van der Waals surface area contributed by atoms with Crippen LogP contribution in [0.25, 0.3) is 0 Å². The molecule has 2 aromatic rings. The third kappa shape index (κ3) is 6.90. The van der Waals surface area contributed by atoms with Crippen molar-refractivity contribution in [2.24, 2.45) is 5.16 Å². The van der Waals surface area contributed by atoms with Crippen molar-refractivity contribution in [3.8, 4) is 17.2 Å². The molecule has 2 rings (SSSR count). The highest BCUT2D eigenvalue weighted by Crippen LogP contribution is 2.36. The van der Waals surface area contributed by atoms with Gasteiger partial charge in [0.25, 0.3) is 0 Å². The summed E-state index contributed by atoms with van der Waals surface area (Å²) in [5, 5.41) is 12.9. The van der Waals surface area contributed by atoms with Crippen LogP contribution in [-0.2, 0) is 4.84 Å². The quantitative estimate of drug-likeness (QED) is 0.295. The van der Waals surface area contributed by atoms with E-state index in [0.29, 0.717) is 12.2 Å². The van der Waals surface area contributed by atoms with E-state index in [-0.39, 0.29) is 46.9 Å². The van der Waals surface area contributed by atoms with Crippen LogP contribution in [0.15, 0.2) is 41.6 Å². The number of alkyl halides is 3. The van der Waals surface area contributed by atoms with Crippen LogP contribution in [0, 0.1) is 0 Å².